The van der Waals surface area contributed by atoms with Crippen molar-refractivity contribution in [1.82, 2.24) is 0 Å². The molecule has 1 nitrogen and oxygen atoms in total. The monoisotopic (exact) mass is 201 g/mol. The number of nitrogens with two attached hydrogens (primary N) is 1. The molecule has 2 rings (SSSR count). The van der Waals surface area contributed by atoms with E-state index >= 15 is 0 Å². The van der Waals surface area contributed by atoms with Crippen molar-refractivity contribution in [1.29, 1.82) is 0 Å². The smallest absolute Gasteiger partial charge is 0.272 e. The first kappa shape index (κ1) is 9.52. The van der Waals surface area contributed by atoms with Crippen LogP contribution in [0.25, 0.3) is 0 Å². The fourth-order valence-electron chi connectivity index (χ4n) is 1.77. The van der Waals surface area contributed by atoms with E-state index in [-0.39, 0.29) is 5.56 Å². The van der Waals surface area contributed by atoms with Gasteiger partial charge in [-0.05, 0) is 18.6 Å². The van der Waals surface area contributed by atoms with E-state index in [2.05, 4.69) is 0 Å². The summed E-state index contributed by atoms with van der Waals surface area (Å²) in [5, 5.41) is 0. The molecule has 0 saturated heterocycles. The van der Waals surface area contributed by atoms with Crippen molar-refractivity contribution in [2.24, 2.45) is 5.73 Å². The number of halogens is 3. The molecule has 1 aromatic rings. The van der Waals surface area contributed by atoms with Gasteiger partial charge in [-0.2, -0.15) is 0 Å². The third-order valence-electron chi connectivity index (χ3n) is 2.70. The normalized spacial score (nSPS) is 28.9. The van der Waals surface area contributed by atoms with Crippen molar-refractivity contribution in [3.05, 3.63) is 35.1 Å². The molecule has 1 aliphatic carbocycles. The molecule has 1 fully saturated rings. The number of hydrogen-bond donors (Lipinski definition) is 1. The van der Waals surface area contributed by atoms with E-state index in [0.29, 0.717) is 5.56 Å². The molecule has 1 atom stereocenters. The molecule has 4 heteroatoms. The van der Waals surface area contributed by atoms with Gasteiger partial charge < -0.3 is 5.73 Å². The van der Waals surface area contributed by atoms with Gasteiger partial charge in [-0.3, -0.25) is 0 Å². The van der Waals surface area contributed by atoms with Gasteiger partial charge in [0.1, 0.15) is 11.4 Å². The second kappa shape index (κ2) is 2.51. The van der Waals surface area contributed by atoms with E-state index in [1.807, 2.05) is 0 Å². The Balaban J connectivity index is 2.54. The largest absolute Gasteiger partial charge is 0.316 e. The average Bonchev–Trinajstić information content (AvgIpc) is 2.50. The summed E-state index contributed by atoms with van der Waals surface area (Å²) in [5.74, 6) is -3.62. The molecule has 0 aliphatic heterocycles. The van der Waals surface area contributed by atoms with Gasteiger partial charge in [0.2, 0.25) is 0 Å². The number of rotatable bonds is 1. The Hall–Kier alpha value is -1.03. The molecular weight excluding hydrogens is 191 g/mol. The van der Waals surface area contributed by atoms with Gasteiger partial charge in [0, 0.05) is 12.0 Å². The summed E-state index contributed by atoms with van der Waals surface area (Å²) >= 11 is 0. The first-order valence-electron chi connectivity index (χ1n) is 4.31. The van der Waals surface area contributed by atoms with Crippen molar-refractivity contribution < 1.29 is 13.2 Å². The minimum absolute atomic E-state index is 0.0509. The highest BCUT2D eigenvalue weighted by Gasteiger charge is 2.71. The molecule has 0 heterocycles. The molecule has 0 aromatic heterocycles. The highest BCUT2D eigenvalue weighted by molar-refractivity contribution is 5.42. The fourth-order valence-corrected chi connectivity index (χ4v) is 1.77. The summed E-state index contributed by atoms with van der Waals surface area (Å²) in [4.78, 5) is 0. The maximum atomic E-state index is 13.3. The van der Waals surface area contributed by atoms with Gasteiger partial charge in [-0.15, -0.1) is 0 Å². The second-order valence-electron chi connectivity index (χ2n) is 3.78. The summed E-state index contributed by atoms with van der Waals surface area (Å²) in [6.07, 6.45) is -0.470. The predicted octanol–water partition coefficient (Wildman–Crippen LogP) is 2.33. The summed E-state index contributed by atoms with van der Waals surface area (Å²) < 4.78 is 39.2. The van der Waals surface area contributed by atoms with Crippen LogP contribution in [0.5, 0.6) is 0 Å². The van der Waals surface area contributed by atoms with Crippen LogP contribution in [-0.2, 0) is 5.54 Å². The van der Waals surface area contributed by atoms with Gasteiger partial charge >= 0.3 is 0 Å². The average molecular weight is 201 g/mol. The molecule has 0 spiro atoms. The minimum Gasteiger partial charge on any atom is -0.316 e. The molecule has 0 bridgehead atoms. The van der Waals surface area contributed by atoms with Crippen molar-refractivity contribution >= 4 is 0 Å². The van der Waals surface area contributed by atoms with Crippen molar-refractivity contribution in [2.75, 3.05) is 0 Å². The third kappa shape index (κ3) is 1.07. The predicted molar refractivity (Wildman–Crippen MR) is 46.6 cm³/mol. The number of alkyl halides is 2. The van der Waals surface area contributed by atoms with Crippen molar-refractivity contribution in [2.45, 2.75) is 24.8 Å². The molecular formula is C10H10F3N. The number of hydrogen-bond acceptors (Lipinski definition) is 1. The SMILES string of the molecule is Cc1cccc(F)c1C1(N)CC1(F)F. The summed E-state index contributed by atoms with van der Waals surface area (Å²) in [6.45, 7) is 1.58. The molecule has 14 heavy (non-hydrogen) atoms. The van der Waals surface area contributed by atoms with Crippen LogP contribution in [0.4, 0.5) is 13.2 Å². The lowest BCUT2D eigenvalue weighted by molar-refractivity contribution is 0.0880. The highest BCUT2D eigenvalue weighted by Crippen LogP contribution is 2.58. The molecule has 1 unspecified atom stereocenters. The second-order valence-corrected chi connectivity index (χ2v) is 3.78. The Morgan fingerprint density at radius 3 is 2.36 bits per heavy atom. The van der Waals surface area contributed by atoms with Gasteiger partial charge in [0.25, 0.3) is 5.92 Å². The van der Waals surface area contributed by atoms with Gasteiger partial charge in [0.05, 0.1) is 0 Å². The Morgan fingerprint density at radius 2 is 1.93 bits per heavy atom. The third-order valence-corrected chi connectivity index (χ3v) is 2.70. The van der Waals surface area contributed by atoms with Crippen LogP contribution in [0.3, 0.4) is 0 Å². The van der Waals surface area contributed by atoms with Crippen LogP contribution >= 0.6 is 0 Å². The van der Waals surface area contributed by atoms with Crippen LogP contribution < -0.4 is 5.73 Å². The Bertz CT molecular complexity index is 369. The zero-order valence-electron chi connectivity index (χ0n) is 7.65. The molecule has 76 valence electrons. The first-order chi connectivity index (χ1) is 6.38. The zero-order chi connectivity index (χ0) is 10.6. The fraction of sp³-hybridized carbons (Fsp3) is 0.400. The lowest BCUT2D eigenvalue weighted by atomic mass is 9.99. The lowest BCUT2D eigenvalue weighted by Crippen LogP contribution is -2.29. The maximum absolute atomic E-state index is 13.3. The first-order valence-corrected chi connectivity index (χ1v) is 4.31. The van der Waals surface area contributed by atoms with E-state index < -0.39 is 23.7 Å². The highest BCUT2D eigenvalue weighted by atomic mass is 19.3. The topological polar surface area (TPSA) is 26.0 Å². The van der Waals surface area contributed by atoms with Crippen molar-refractivity contribution in [3.8, 4) is 0 Å². The van der Waals surface area contributed by atoms with Crippen LogP contribution in [0.15, 0.2) is 18.2 Å². The van der Waals surface area contributed by atoms with E-state index in [1.165, 1.54) is 6.07 Å². The molecule has 1 saturated carbocycles. The summed E-state index contributed by atoms with van der Waals surface area (Å²) in [6, 6.07) is 4.23. The van der Waals surface area contributed by atoms with Crippen LogP contribution in [0.2, 0.25) is 0 Å². The van der Waals surface area contributed by atoms with E-state index in [4.69, 9.17) is 5.73 Å². The lowest BCUT2D eigenvalue weighted by Gasteiger charge is -2.14. The van der Waals surface area contributed by atoms with Crippen LogP contribution in [0.1, 0.15) is 17.5 Å². The molecule has 1 aromatic carbocycles. The minimum atomic E-state index is -2.97. The molecule has 0 radical (unpaired) electrons. The van der Waals surface area contributed by atoms with Gasteiger partial charge in [0.15, 0.2) is 0 Å². The Kier molecular flexibility index (Phi) is 1.71. The van der Waals surface area contributed by atoms with E-state index in [9.17, 15) is 13.2 Å². The quantitative estimate of drug-likeness (QED) is 0.741. The van der Waals surface area contributed by atoms with E-state index in [0.717, 1.165) is 6.07 Å². The number of benzene rings is 1. The Morgan fingerprint density at radius 1 is 1.36 bits per heavy atom. The Labute approximate surface area is 79.7 Å². The van der Waals surface area contributed by atoms with Crippen molar-refractivity contribution in [3.63, 3.8) is 0 Å². The summed E-state index contributed by atoms with van der Waals surface area (Å²) in [7, 11) is 0. The van der Waals surface area contributed by atoms with Crippen LogP contribution in [0, 0.1) is 12.7 Å². The standard InChI is InChI=1S/C10H10F3N/c1-6-3-2-4-7(11)8(6)9(14)5-10(9,12)13/h2-4H,5,14H2,1H3. The van der Waals surface area contributed by atoms with Gasteiger partial charge in [-0.1, -0.05) is 12.1 Å². The molecule has 0 amide bonds. The van der Waals surface area contributed by atoms with Crippen LogP contribution in [-0.4, -0.2) is 5.92 Å². The van der Waals surface area contributed by atoms with E-state index in [1.54, 1.807) is 13.0 Å². The zero-order valence-corrected chi connectivity index (χ0v) is 7.65. The maximum Gasteiger partial charge on any atom is 0.272 e. The molecule has 1 aliphatic rings. The number of aryl methyl sites for hydroxylation is 1. The molecule has 2 N–H and O–H groups in total. The van der Waals surface area contributed by atoms with Gasteiger partial charge in [-0.25, -0.2) is 13.2 Å². The summed E-state index contributed by atoms with van der Waals surface area (Å²) in [5.41, 5.74) is 4.09.